The van der Waals surface area contributed by atoms with Gasteiger partial charge in [0, 0.05) is 25.2 Å². The molecule has 34 heavy (non-hydrogen) atoms. The molecule has 1 saturated heterocycles. The molecule has 0 aliphatic carbocycles. The third-order valence-corrected chi connectivity index (χ3v) is 6.89. The lowest BCUT2D eigenvalue weighted by atomic mass is 9.95. The SMILES string of the molecule is CCC(C)(CNC(=O)c1cc(CN2C(=O)c3ccccc3C2=O)ccc1OC)N1CCOCC1. The number of carbonyl (C=O) groups is 3. The summed E-state index contributed by atoms with van der Waals surface area (Å²) in [6.07, 6.45) is 0.879. The first-order valence-electron chi connectivity index (χ1n) is 11.6. The highest BCUT2D eigenvalue weighted by Gasteiger charge is 2.35. The Labute approximate surface area is 199 Å². The van der Waals surface area contributed by atoms with Gasteiger partial charge in [-0.3, -0.25) is 24.2 Å². The van der Waals surface area contributed by atoms with Crippen molar-refractivity contribution in [2.75, 3.05) is 40.0 Å². The van der Waals surface area contributed by atoms with Gasteiger partial charge in [-0.25, -0.2) is 0 Å². The molecule has 0 saturated carbocycles. The van der Waals surface area contributed by atoms with Crippen LogP contribution in [0.5, 0.6) is 5.75 Å². The van der Waals surface area contributed by atoms with Crippen molar-refractivity contribution in [2.45, 2.75) is 32.4 Å². The van der Waals surface area contributed by atoms with E-state index in [1.165, 1.54) is 12.0 Å². The van der Waals surface area contributed by atoms with E-state index in [4.69, 9.17) is 9.47 Å². The van der Waals surface area contributed by atoms with Gasteiger partial charge in [0.15, 0.2) is 0 Å². The topological polar surface area (TPSA) is 88.2 Å². The molecule has 8 nitrogen and oxygen atoms in total. The second kappa shape index (κ2) is 9.95. The Bertz CT molecular complexity index is 1060. The summed E-state index contributed by atoms with van der Waals surface area (Å²) in [7, 11) is 1.51. The van der Waals surface area contributed by atoms with E-state index in [-0.39, 0.29) is 29.8 Å². The summed E-state index contributed by atoms with van der Waals surface area (Å²) in [4.78, 5) is 42.2. The van der Waals surface area contributed by atoms with E-state index in [1.54, 1.807) is 42.5 Å². The van der Waals surface area contributed by atoms with Gasteiger partial charge in [0.05, 0.1) is 43.6 Å². The highest BCUT2D eigenvalue weighted by Crippen LogP contribution is 2.27. The van der Waals surface area contributed by atoms with Gasteiger partial charge in [0.2, 0.25) is 0 Å². The van der Waals surface area contributed by atoms with E-state index in [9.17, 15) is 14.4 Å². The Morgan fingerprint density at radius 1 is 1.09 bits per heavy atom. The summed E-state index contributed by atoms with van der Waals surface area (Å²) >= 11 is 0. The number of hydrogen-bond acceptors (Lipinski definition) is 6. The van der Waals surface area contributed by atoms with Gasteiger partial charge in [-0.2, -0.15) is 0 Å². The molecule has 3 amide bonds. The molecule has 2 heterocycles. The number of imide groups is 1. The molecule has 1 fully saturated rings. The van der Waals surface area contributed by atoms with Gasteiger partial charge in [-0.1, -0.05) is 25.1 Å². The molecule has 180 valence electrons. The van der Waals surface area contributed by atoms with Crippen molar-refractivity contribution in [1.82, 2.24) is 15.1 Å². The third kappa shape index (κ3) is 4.56. The van der Waals surface area contributed by atoms with Crippen LogP contribution in [-0.4, -0.2) is 73.0 Å². The first-order chi connectivity index (χ1) is 16.4. The van der Waals surface area contributed by atoms with Crippen LogP contribution < -0.4 is 10.1 Å². The standard InChI is InChI=1S/C26H31N3O5/c1-4-26(2,28-11-13-34-14-12-28)17-27-23(30)21-15-18(9-10-22(21)33-3)16-29-24(31)19-7-5-6-8-20(19)25(29)32/h5-10,15H,4,11-14,16-17H2,1-3H3,(H,27,30). The molecule has 1 N–H and O–H groups in total. The zero-order valence-corrected chi connectivity index (χ0v) is 19.9. The van der Waals surface area contributed by atoms with Gasteiger partial charge in [-0.05, 0) is 43.2 Å². The maximum atomic E-state index is 13.2. The highest BCUT2D eigenvalue weighted by atomic mass is 16.5. The molecule has 8 heteroatoms. The van der Waals surface area contributed by atoms with Gasteiger partial charge in [-0.15, -0.1) is 0 Å². The predicted octanol–water partition coefficient (Wildman–Crippen LogP) is 2.72. The number of methoxy groups -OCH3 is 1. The van der Waals surface area contributed by atoms with Crippen LogP contribution in [0.1, 0.15) is 56.9 Å². The molecule has 1 atom stereocenters. The van der Waals surface area contributed by atoms with E-state index >= 15 is 0 Å². The Hall–Kier alpha value is -3.23. The second-order valence-corrected chi connectivity index (χ2v) is 8.91. The monoisotopic (exact) mass is 465 g/mol. The number of amides is 3. The Morgan fingerprint density at radius 3 is 2.32 bits per heavy atom. The minimum Gasteiger partial charge on any atom is -0.496 e. The lowest BCUT2D eigenvalue weighted by Crippen LogP contribution is -2.56. The molecule has 2 aromatic rings. The summed E-state index contributed by atoms with van der Waals surface area (Å²) < 4.78 is 10.9. The first kappa shape index (κ1) is 23.9. The largest absolute Gasteiger partial charge is 0.496 e. The summed E-state index contributed by atoms with van der Waals surface area (Å²) in [5.41, 5.74) is 1.66. The van der Waals surface area contributed by atoms with Crippen molar-refractivity contribution in [2.24, 2.45) is 0 Å². The third-order valence-electron chi connectivity index (χ3n) is 6.89. The van der Waals surface area contributed by atoms with E-state index in [0.29, 0.717) is 47.8 Å². The lowest BCUT2D eigenvalue weighted by Gasteiger charge is -2.43. The zero-order valence-electron chi connectivity index (χ0n) is 19.9. The molecular weight excluding hydrogens is 434 g/mol. The predicted molar refractivity (Wildman–Crippen MR) is 127 cm³/mol. The van der Waals surface area contributed by atoms with Crippen molar-refractivity contribution < 1.29 is 23.9 Å². The number of carbonyl (C=O) groups excluding carboxylic acids is 3. The zero-order chi connectivity index (χ0) is 24.3. The van der Waals surface area contributed by atoms with E-state index in [0.717, 1.165) is 19.5 Å². The smallest absolute Gasteiger partial charge is 0.261 e. The molecule has 0 radical (unpaired) electrons. The van der Waals surface area contributed by atoms with Crippen LogP contribution in [0, 0.1) is 0 Å². The Kier molecular flexibility index (Phi) is 7.00. The number of fused-ring (bicyclic) bond motifs is 1. The summed E-state index contributed by atoms with van der Waals surface area (Å²) in [5, 5.41) is 3.07. The molecule has 0 spiro atoms. The molecule has 1 unspecified atom stereocenters. The fraction of sp³-hybridized carbons (Fsp3) is 0.423. The van der Waals surface area contributed by atoms with Crippen molar-refractivity contribution in [1.29, 1.82) is 0 Å². The van der Waals surface area contributed by atoms with Crippen molar-refractivity contribution in [3.63, 3.8) is 0 Å². The second-order valence-electron chi connectivity index (χ2n) is 8.91. The van der Waals surface area contributed by atoms with Gasteiger partial charge in [0.1, 0.15) is 5.75 Å². The summed E-state index contributed by atoms with van der Waals surface area (Å²) in [6, 6.07) is 11.9. The highest BCUT2D eigenvalue weighted by molar-refractivity contribution is 6.21. The molecule has 4 rings (SSSR count). The Balaban J connectivity index is 1.50. The number of hydrogen-bond donors (Lipinski definition) is 1. The Morgan fingerprint density at radius 2 is 1.74 bits per heavy atom. The normalized spacial score (nSPS) is 17.9. The average molecular weight is 466 g/mol. The maximum absolute atomic E-state index is 13.2. The van der Waals surface area contributed by atoms with E-state index < -0.39 is 0 Å². The molecule has 0 aromatic heterocycles. The van der Waals surface area contributed by atoms with Crippen LogP contribution in [0.25, 0.3) is 0 Å². The number of nitrogens with one attached hydrogen (secondary N) is 1. The van der Waals surface area contributed by atoms with Crippen LogP contribution in [0.2, 0.25) is 0 Å². The van der Waals surface area contributed by atoms with Crippen molar-refractivity contribution in [3.05, 3.63) is 64.7 Å². The van der Waals surface area contributed by atoms with Crippen LogP contribution >= 0.6 is 0 Å². The van der Waals surface area contributed by atoms with Gasteiger partial charge in [0.25, 0.3) is 17.7 Å². The van der Waals surface area contributed by atoms with Crippen molar-refractivity contribution >= 4 is 17.7 Å². The minimum absolute atomic E-state index is 0.0804. The van der Waals surface area contributed by atoms with Crippen LogP contribution in [0.4, 0.5) is 0 Å². The number of ether oxygens (including phenoxy) is 2. The fourth-order valence-corrected chi connectivity index (χ4v) is 4.53. The number of morpholine rings is 1. The summed E-state index contributed by atoms with van der Waals surface area (Å²) in [6.45, 7) is 7.87. The first-order valence-corrected chi connectivity index (χ1v) is 11.6. The quantitative estimate of drug-likeness (QED) is 0.603. The van der Waals surface area contributed by atoms with Crippen molar-refractivity contribution in [3.8, 4) is 5.75 Å². The number of benzene rings is 2. The lowest BCUT2D eigenvalue weighted by molar-refractivity contribution is -0.0169. The van der Waals surface area contributed by atoms with Crippen LogP contribution in [0.3, 0.4) is 0 Å². The van der Waals surface area contributed by atoms with E-state index in [1.807, 2.05) is 0 Å². The minimum atomic E-state index is -0.327. The number of nitrogens with zero attached hydrogens (tertiary/aromatic N) is 2. The average Bonchev–Trinajstić information content (AvgIpc) is 3.12. The molecule has 0 bridgehead atoms. The fourth-order valence-electron chi connectivity index (χ4n) is 4.53. The van der Waals surface area contributed by atoms with Crippen LogP contribution in [-0.2, 0) is 11.3 Å². The molecular formula is C26H31N3O5. The number of rotatable bonds is 8. The van der Waals surface area contributed by atoms with Crippen LogP contribution in [0.15, 0.2) is 42.5 Å². The molecule has 2 aliphatic heterocycles. The van der Waals surface area contributed by atoms with Gasteiger partial charge < -0.3 is 14.8 Å². The molecule has 2 aromatic carbocycles. The van der Waals surface area contributed by atoms with Gasteiger partial charge >= 0.3 is 0 Å². The summed E-state index contributed by atoms with van der Waals surface area (Å²) in [5.74, 6) is -0.472. The maximum Gasteiger partial charge on any atom is 0.261 e. The van der Waals surface area contributed by atoms with E-state index in [2.05, 4.69) is 24.1 Å². The molecule has 2 aliphatic rings.